The van der Waals surface area contributed by atoms with E-state index < -0.39 is 0 Å². The fourth-order valence-corrected chi connectivity index (χ4v) is 4.61. The molecule has 0 aromatic rings. The molecule has 2 aliphatic heterocycles. The maximum absolute atomic E-state index is 12.7. The molecule has 0 bridgehead atoms. The molecule has 130 valence electrons. The summed E-state index contributed by atoms with van der Waals surface area (Å²) < 4.78 is 5.65. The molecule has 0 aromatic carbocycles. The normalized spacial score (nSPS) is 28.2. The Hall–Kier alpha value is -0.870. The van der Waals surface area contributed by atoms with E-state index in [0.717, 1.165) is 57.6 Å². The first kappa shape index (κ1) is 17.0. The smallest absolute Gasteiger partial charge is 0.249 e. The van der Waals surface area contributed by atoms with Crippen LogP contribution in [0.15, 0.2) is 11.6 Å². The van der Waals surface area contributed by atoms with Crippen molar-refractivity contribution in [2.75, 3.05) is 33.4 Å². The molecule has 4 nitrogen and oxygen atoms in total. The Bertz CT molecular complexity index is 452. The van der Waals surface area contributed by atoms with Gasteiger partial charge in [0.1, 0.15) is 0 Å². The largest absolute Gasteiger partial charge is 0.380 e. The number of piperidine rings is 1. The minimum Gasteiger partial charge on any atom is -0.380 e. The highest BCUT2D eigenvalue weighted by Gasteiger charge is 2.46. The highest BCUT2D eigenvalue weighted by molar-refractivity contribution is 5.93. The van der Waals surface area contributed by atoms with Crippen molar-refractivity contribution in [3.8, 4) is 0 Å². The van der Waals surface area contributed by atoms with Gasteiger partial charge in [-0.3, -0.25) is 9.69 Å². The van der Waals surface area contributed by atoms with Gasteiger partial charge in [-0.2, -0.15) is 0 Å². The number of likely N-dealkylation sites (N-methyl/N-ethyl adjacent to an activating group) is 1. The summed E-state index contributed by atoms with van der Waals surface area (Å²) >= 11 is 0. The van der Waals surface area contributed by atoms with E-state index >= 15 is 0 Å². The first-order valence-corrected chi connectivity index (χ1v) is 9.45. The van der Waals surface area contributed by atoms with Gasteiger partial charge in [0.25, 0.3) is 0 Å². The van der Waals surface area contributed by atoms with Gasteiger partial charge in [-0.25, -0.2) is 0 Å². The topological polar surface area (TPSA) is 32.8 Å². The van der Waals surface area contributed by atoms with Crippen LogP contribution in [-0.2, 0) is 9.53 Å². The average molecular weight is 320 g/mol. The molecule has 1 atom stereocenters. The molecule has 2 fully saturated rings. The molecule has 4 heteroatoms. The predicted octanol–water partition coefficient (Wildman–Crippen LogP) is 2.98. The number of hydrogen-bond acceptors (Lipinski definition) is 3. The van der Waals surface area contributed by atoms with Crippen molar-refractivity contribution in [3.63, 3.8) is 0 Å². The molecule has 0 radical (unpaired) electrons. The van der Waals surface area contributed by atoms with Gasteiger partial charge in [-0.1, -0.05) is 6.08 Å². The van der Waals surface area contributed by atoms with Crippen molar-refractivity contribution in [1.29, 1.82) is 0 Å². The van der Waals surface area contributed by atoms with Gasteiger partial charge < -0.3 is 9.64 Å². The number of nitrogens with zero attached hydrogens (tertiary/aromatic N) is 2. The fraction of sp³-hybridized carbons (Fsp3) is 0.842. The van der Waals surface area contributed by atoms with Crippen LogP contribution in [0.1, 0.15) is 58.3 Å². The molecule has 3 rings (SSSR count). The lowest BCUT2D eigenvalue weighted by atomic mass is 9.85. The summed E-state index contributed by atoms with van der Waals surface area (Å²) in [5.41, 5.74) is 1.38. The van der Waals surface area contributed by atoms with E-state index in [0.29, 0.717) is 17.5 Å². The molecule has 2 saturated heterocycles. The summed E-state index contributed by atoms with van der Waals surface area (Å²) in [7, 11) is 2.26. The monoisotopic (exact) mass is 320 g/mol. The molecular weight excluding hydrogens is 288 g/mol. The summed E-state index contributed by atoms with van der Waals surface area (Å²) in [5.74, 6) is 0.311. The molecule has 3 aliphatic rings. The number of allylic oxidation sites excluding steroid dienone is 1. The molecule has 23 heavy (non-hydrogen) atoms. The zero-order valence-corrected chi connectivity index (χ0v) is 14.9. The van der Waals surface area contributed by atoms with Crippen LogP contribution in [0.25, 0.3) is 0 Å². The fourth-order valence-electron chi connectivity index (χ4n) is 4.61. The van der Waals surface area contributed by atoms with E-state index in [1.54, 1.807) is 0 Å². The maximum atomic E-state index is 12.7. The molecule has 1 aliphatic carbocycles. The molecule has 0 aromatic heterocycles. The minimum atomic E-state index is 0.305. The van der Waals surface area contributed by atoms with Crippen LogP contribution in [-0.4, -0.2) is 60.6 Å². The molecule has 2 heterocycles. The van der Waals surface area contributed by atoms with Gasteiger partial charge >= 0.3 is 0 Å². The summed E-state index contributed by atoms with van der Waals surface area (Å²) in [6.45, 7) is 5.55. The molecule has 1 spiro atoms. The second kappa shape index (κ2) is 7.35. The van der Waals surface area contributed by atoms with Gasteiger partial charge in [0, 0.05) is 36.9 Å². The third kappa shape index (κ3) is 3.48. The molecule has 0 saturated carbocycles. The van der Waals surface area contributed by atoms with Crippen LogP contribution in [0.4, 0.5) is 0 Å². The Labute approximate surface area is 140 Å². The highest BCUT2D eigenvalue weighted by Crippen LogP contribution is 2.40. The summed E-state index contributed by atoms with van der Waals surface area (Å²) in [4.78, 5) is 17.3. The standard InChI is InChI=1S/C19H32N2O2/c1-3-23-15-17-9-10-19(20(17)2)11-13-21(14-12-19)18(22)16-7-5-4-6-8-16/h7,17H,3-6,8-15H2,1-2H3/t17-/m1/s1. The zero-order chi connectivity index (χ0) is 16.3. The minimum absolute atomic E-state index is 0.305. The predicted molar refractivity (Wildman–Crippen MR) is 92.4 cm³/mol. The van der Waals surface area contributed by atoms with Crippen LogP contribution >= 0.6 is 0 Å². The van der Waals surface area contributed by atoms with Crippen molar-refractivity contribution in [2.24, 2.45) is 0 Å². The number of likely N-dealkylation sites (tertiary alicyclic amines) is 2. The lowest BCUT2D eigenvalue weighted by Gasteiger charge is -2.45. The Morgan fingerprint density at radius 2 is 2.09 bits per heavy atom. The van der Waals surface area contributed by atoms with Crippen molar-refractivity contribution >= 4 is 5.91 Å². The van der Waals surface area contributed by atoms with Gasteiger partial charge in [0.15, 0.2) is 0 Å². The Kier molecular flexibility index (Phi) is 5.42. The number of ether oxygens (including phenoxy) is 1. The number of hydrogen-bond donors (Lipinski definition) is 0. The zero-order valence-electron chi connectivity index (χ0n) is 14.9. The van der Waals surface area contributed by atoms with Crippen molar-refractivity contribution in [3.05, 3.63) is 11.6 Å². The summed E-state index contributed by atoms with van der Waals surface area (Å²) in [5, 5.41) is 0. The third-order valence-corrected chi connectivity index (χ3v) is 6.30. The lowest BCUT2D eigenvalue weighted by Crippen LogP contribution is -2.54. The van der Waals surface area contributed by atoms with Gasteiger partial charge in [-0.05, 0) is 65.3 Å². The first-order chi connectivity index (χ1) is 11.2. The van der Waals surface area contributed by atoms with Crippen molar-refractivity contribution in [2.45, 2.75) is 69.9 Å². The highest BCUT2D eigenvalue weighted by atomic mass is 16.5. The second-order valence-corrected chi connectivity index (χ2v) is 7.45. The van der Waals surface area contributed by atoms with E-state index in [1.165, 1.54) is 25.7 Å². The van der Waals surface area contributed by atoms with Crippen LogP contribution in [0.5, 0.6) is 0 Å². The van der Waals surface area contributed by atoms with Gasteiger partial charge in [0.2, 0.25) is 5.91 Å². The second-order valence-electron chi connectivity index (χ2n) is 7.45. The maximum Gasteiger partial charge on any atom is 0.249 e. The van der Waals surface area contributed by atoms with Crippen molar-refractivity contribution < 1.29 is 9.53 Å². The molecule has 0 N–H and O–H groups in total. The SMILES string of the molecule is CCOC[C@H]1CCC2(CCN(C(=O)C3=CCCCC3)CC2)N1C. The molecule has 1 amide bonds. The van der Waals surface area contributed by atoms with Crippen molar-refractivity contribution in [1.82, 2.24) is 9.80 Å². The number of carbonyl (C=O) groups is 1. The lowest BCUT2D eigenvalue weighted by molar-refractivity contribution is -0.130. The van der Waals surface area contributed by atoms with Crippen LogP contribution < -0.4 is 0 Å². The molecular formula is C19H32N2O2. The first-order valence-electron chi connectivity index (χ1n) is 9.45. The van der Waals surface area contributed by atoms with Crippen LogP contribution in [0, 0.1) is 0 Å². The number of carbonyl (C=O) groups excluding carboxylic acids is 1. The third-order valence-electron chi connectivity index (χ3n) is 6.30. The summed E-state index contributed by atoms with van der Waals surface area (Å²) in [6.07, 6.45) is 11.4. The average Bonchev–Trinajstić information content (AvgIpc) is 2.90. The Morgan fingerprint density at radius 1 is 1.30 bits per heavy atom. The van der Waals surface area contributed by atoms with E-state index in [2.05, 4.69) is 29.8 Å². The number of rotatable bonds is 4. The summed E-state index contributed by atoms with van der Waals surface area (Å²) in [6, 6.07) is 0.554. The van der Waals surface area contributed by atoms with E-state index in [1.807, 2.05) is 0 Å². The van der Waals surface area contributed by atoms with Crippen LogP contribution in [0.2, 0.25) is 0 Å². The van der Waals surface area contributed by atoms with E-state index in [4.69, 9.17) is 4.74 Å². The molecule has 0 unspecified atom stereocenters. The van der Waals surface area contributed by atoms with Gasteiger partial charge in [-0.15, -0.1) is 0 Å². The van der Waals surface area contributed by atoms with E-state index in [-0.39, 0.29) is 0 Å². The van der Waals surface area contributed by atoms with Crippen LogP contribution in [0.3, 0.4) is 0 Å². The van der Waals surface area contributed by atoms with Gasteiger partial charge in [0.05, 0.1) is 6.61 Å². The Balaban J connectivity index is 1.56. The van der Waals surface area contributed by atoms with E-state index in [9.17, 15) is 4.79 Å². The quantitative estimate of drug-likeness (QED) is 0.798. The number of amides is 1. The Morgan fingerprint density at radius 3 is 2.74 bits per heavy atom.